The third-order valence-electron chi connectivity index (χ3n) is 1.06. The topological polar surface area (TPSA) is 48.9 Å². The van der Waals surface area contributed by atoms with E-state index in [1.54, 1.807) is 12.4 Å². The third-order valence-corrected chi connectivity index (χ3v) is 2.11. The Morgan fingerprint density at radius 2 is 2.64 bits per heavy atom. The monoisotopic (exact) mass is 176 g/mol. The molecule has 0 radical (unpaired) electrons. The lowest BCUT2D eigenvalue weighted by Crippen LogP contribution is -2.11. The zero-order valence-corrected chi connectivity index (χ0v) is 6.64. The first-order chi connectivity index (χ1) is 5.33. The van der Waals surface area contributed by atoms with Crippen LogP contribution >= 0.6 is 11.8 Å². The van der Waals surface area contributed by atoms with Crippen LogP contribution < -0.4 is 0 Å². The Hall–Kier alpha value is -0.550. The molecule has 0 aromatic carbocycles. The second kappa shape index (κ2) is 4.35. The average Bonchev–Trinajstić information content (AvgIpc) is 2.52. The Bertz CT molecular complexity index is 192. The first kappa shape index (κ1) is 8.55. The molecule has 0 aliphatic heterocycles. The maximum Gasteiger partial charge on any atom is 0.165 e. The summed E-state index contributed by atoms with van der Waals surface area (Å²) in [6.45, 7) is -0.701. The maximum atomic E-state index is 11.7. The molecular formula is C6H9FN2OS. The molecule has 1 aromatic heterocycles. The molecule has 0 amide bonds. The van der Waals surface area contributed by atoms with Crippen molar-refractivity contribution in [2.24, 2.45) is 0 Å². The molecule has 0 fully saturated rings. The standard InChI is InChI=1S/C6H9FN2OS/c7-3-5(10)4-11-6-8-1-2-9-6/h1-2,5,10H,3-4H2,(H,8,9). The van der Waals surface area contributed by atoms with Crippen LogP contribution in [0.4, 0.5) is 4.39 Å². The molecule has 1 heterocycles. The van der Waals surface area contributed by atoms with Gasteiger partial charge in [-0.1, -0.05) is 11.8 Å². The van der Waals surface area contributed by atoms with E-state index in [9.17, 15) is 4.39 Å². The highest BCUT2D eigenvalue weighted by Crippen LogP contribution is 2.12. The van der Waals surface area contributed by atoms with Crippen LogP contribution in [-0.2, 0) is 0 Å². The van der Waals surface area contributed by atoms with Gasteiger partial charge in [-0.05, 0) is 0 Å². The number of rotatable bonds is 4. The summed E-state index contributed by atoms with van der Waals surface area (Å²) in [6.07, 6.45) is 2.42. The quantitative estimate of drug-likeness (QED) is 0.668. The number of aromatic amines is 1. The van der Waals surface area contributed by atoms with Crippen molar-refractivity contribution in [1.82, 2.24) is 9.97 Å². The number of aromatic nitrogens is 2. The fraction of sp³-hybridized carbons (Fsp3) is 0.500. The molecule has 0 spiro atoms. The van der Waals surface area contributed by atoms with Crippen LogP contribution in [0, 0.1) is 0 Å². The highest BCUT2D eigenvalue weighted by Gasteiger charge is 2.04. The number of aliphatic hydroxyl groups excluding tert-OH is 1. The molecule has 0 bridgehead atoms. The minimum atomic E-state index is -0.884. The summed E-state index contributed by atoms with van der Waals surface area (Å²) < 4.78 is 11.7. The minimum absolute atomic E-state index is 0.337. The van der Waals surface area contributed by atoms with Crippen LogP contribution in [0.1, 0.15) is 0 Å². The van der Waals surface area contributed by atoms with Crippen LogP contribution in [0.5, 0.6) is 0 Å². The molecule has 1 aromatic rings. The van der Waals surface area contributed by atoms with E-state index < -0.39 is 12.8 Å². The molecule has 0 aliphatic rings. The average molecular weight is 176 g/mol. The Kier molecular flexibility index (Phi) is 3.38. The molecule has 11 heavy (non-hydrogen) atoms. The lowest BCUT2D eigenvalue weighted by Gasteiger charge is -2.01. The van der Waals surface area contributed by atoms with Gasteiger partial charge >= 0.3 is 0 Å². The molecule has 2 N–H and O–H groups in total. The number of alkyl halides is 1. The van der Waals surface area contributed by atoms with E-state index in [0.717, 1.165) is 0 Å². The smallest absolute Gasteiger partial charge is 0.165 e. The van der Waals surface area contributed by atoms with Crippen LogP contribution in [-0.4, -0.2) is 33.6 Å². The first-order valence-corrected chi connectivity index (χ1v) is 4.17. The molecule has 62 valence electrons. The number of hydrogen-bond donors (Lipinski definition) is 2. The predicted molar refractivity (Wildman–Crippen MR) is 41.3 cm³/mol. The molecule has 3 nitrogen and oxygen atoms in total. The van der Waals surface area contributed by atoms with Crippen molar-refractivity contribution < 1.29 is 9.50 Å². The molecular weight excluding hydrogens is 167 g/mol. The van der Waals surface area contributed by atoms with Crippen LogP contribution in [0.2, 0.25) is 0 Å². The normalized spacial score (nSPS) is 13.3. The largest absolute Gasteiger partial charge is 0.390 e. The highest BCUT2D eigenvalue weighted by atomic mass is 32.2. The summed E-state index contributed by atoms with van der Waals surface area (Å²) in [5.74, 6) is 0.337. The van der Waals surface area contributed by atoms with Gasteiger partial charge in [0.1, 0.15) is 6.67 Å². The van der Waals surface area contributed by atoms with Crippen molar-refractivity contribution in [3.8, 4) is 0 Å². The number of H-pyrrole nitrogens is 1. The van der Waals surface area contributed by atoms with Crippen molar-refractivity contribution in [3.63, 3.8) is 0 Å². The molecule has 0 saturated heterocycles. The van der Waals surface area contributed by atoms with Gasteiger partial charge in [-0.15, -0.1) is 0 Å². The number of aliphatic hydroxyl groups is 1. The lowest BCUT2D eigenvalue weighted by molar-refractivity contribution is 0.162. The van der Waals surface area contributed by atoms with E-state index in [1.165, 1.54) is 11.8 Å². The molecule has 1 atom stereocenters. The fourth-order valence-corrected chi connectivity index (χ4v) is 1.28. The van der Waals surface area contributed by atoms with E-state index in [-0.39, 0.29) is 0 Å². The van der Waals surface area contributed by atoms with Gasteiger partial charge in [-0.2, -0.15) is 0 Å². The van der Waals surface area contributed by atoms with Crippen molar-refractivity contribution in [1.29, 1.82) is 0 Å². The van der Waals surface area contributed by atoms with Gasteiger partial charge in [0.2, 0.25) is 0 Å². The van der Waals surface area contributed by atoms with Crippen molar-refractivity contribution >= 4 is 11.8 Å². The summed E-state index contributed by atoms with van der Waals surface area (Å²) >= 11 is 1.30. The Balaban J connectivity index is 2.23. The molecule has 1 rings (SSSR count). The van der Waals surface area contributed by atoms with E-state index in [2.05, 4.69) is 9.97 Å². The molecule has 1 unspecified atom stereocenters. The van der Waals surface area contributed by atoms with Gasteiger partial charge in [0.25, 0.3) is 0 Å². The zero-order chi connectivity index (χ0) is 8.10. The van der Waals surface area contributed by atoms with Crippen LogP contribution in [0.15, 0.2) is 17.6 Å². The Morgan fingerprint density at radius 1 is 1.82 bits per heavy atom. The Morgan fingerprint density at radius 3 is 3.18 bits per heavy atom. The minimum Gasteiger partial charge on any atom is -0.390 e. The second-order valence-electron chi connectivity index (χ2n) is 2.01. The maximum absolute atomic E-state index is 11.7. The van der Waals surface area contributed by atoms with Crippen molar-refractivity contribution in [2.75, 3.05) is 12.4 Å². The SMILES string of the molecule is OC(CF)CSc1ncc[nH]1. The van der Waals surface area contributed by atoms with Crippen molar-refractivity contribution in [3.05, 3.63) is 12.4 Å². The van der Waals surface area contributed by atoms with E-state index >= 15 is 0 Å². The Labute approximate surface area is 68.0 Å². The summed E-state index contributed by atoms with van der Waals surface area (Å²) in [7, 11) is 0. The number of nitrogens with one attached hydrogen (secondary N) is 1. The van der Waals surface area contributed by atoms with E-state index in [4.69, 9.17) is 5.11 Å². The van der Waals surface area contributed by atoms with Gasteiger partial charge in [0.15, 0.2) is 5.16 Å². The molecule has 0 saturated carbocycles. The summed E-state index contributed by atoms with van der Waals surface area (Å²) in [5.41, 5.74) is 0. The second-order valence-corrected chi connectivity index (χ2v) is 3.02. The molecule has 5 heteroatoms. The number of halogens is 1. The van der Waals surface area contributed by atoms with Gasteiger partial charge < -0.3 is 10.1 Å². The summed E-state index contributed by atoms with van der Waals surface area (Å²) in [4.78, 5) is 6.73. The number of imidazole rings is 1. The predicted octanol–water partition coefficient (Wildman–Crippen LogP) is 0.832. The summed E-state index contributed by atoms with van der Waals surface area (Å²) in [5, 5.41) is 9.53. The van der Waals surface area contributed by atoms with Crippen LogP contribution in [0.3, 0.4) is 0 Å². The van der Waals surface area contributed by atoms with E-state index in [0.29, 0.717) is 10.9 Å². The van der Waals surface area contributed by atoms with Gasteiger partial charge in [0.05, 0.1) is 6.10 Å². The number of hydrogen-bond acceptors (Lipinski definition) is 3. The number of nitrogens with zero attached hydrogens (tertiary/aromatic N) is 1. The highest BCUT2D eigenvalue weighted by molar-refractivity contribution is 7.99. The van der Waals surface area contributed by atoms with E-state index in [1.807, 2.05) is 0 Å². The van der Waals surface area contributed by atoms with Crippen LogP contribution in [0.25, 0.3) is 0 Å². The van der Waals surface area contributed by atoms with Gasteiger partial charge in [0, 0.05) is 18.1 Å². The lowest BCUT2D eigenvalue weighted by atomic mass is 10.5. The first-order valence-electron chi connectivity index (χ1n) is 3.19. The molecule has 0 aliphatic carbocycles. The fourth-order valence-electron chi connectivity index (χ4n) is 0.549. The third kappa shape index (κ3) is 2.90. The summed E-state index contributed by atoms with van der Waals surface area (Å²) in [6, 6.07) is 0. The zero-order valence-electron chi connectivity index (χ0n) is 5.83. The number of thioether (sulfide) groups is 1. The van der Waals surface area contributed by atoms with Crippen molar-refractivity contribution in [2.45, 2.75) is 11.3 Å². The van der Waals surface area contributed by atoms with Gasteiger partial charge in [-0.3, -0.25) is 0 Å². The van der Waals surface area contributed by atoms with Gasteiger partial charge in [-0.25, -0.2) is 9.37 Å².